The lowest BCUT2D eigenvalue weighted by Crippen LogP contribution is -2.47. The van der Waals surface area contributed by atoms with Crippen LogP contribution in [0.1, 0.15) is 34.1 Å². The van der Waals surface area contributed by atoms with Crippen molar-refractivity contribution in [1.82, 2.24) is 4.90 Å². The molecule has 2 unspecified atom stereocenters. The van der Waals surface area contributed by atoms with Gasteiger partial charge in [-0.25, -0.2) is 0 Å². The minimum Gasteiger partial charge on any atom is -0.409 e. The lowest BCUT2D eigenvalue weighted by Gasteiger charge is -2.32. The lowest BCUT2D eigenvalue weighted by atomic mass is 10.1. The number of hydrogen-bond donors (Lipinski definition) is 2. The second kappa shape index (κ2) is 5.80. The van der Waals surface area contributed by atoms with Gasteiger partial charge in [0.05, 0.1) is 6.04 Å². The zero-order chi connectivity index (χ0) is 10.4. The summed E-state index contributed by atoms with van der Waals surface area (Å²) in [6, 6.07) is 0.463. The molecule has 0 aromatic rings. The molecule has 0 saturated heterocycles. The van der Waals surface area contributed by atoms with Gasteiger partial charge in [-0.1, -0.05) is 19.0 Å². The highest BCUT2D eigenvalue weighted by molar-refractivity contribution is 5.84. The van der Waals surface area contributed by atoms with Gasteiger partial charge in [-0.3, -0.25) is 4.90 Å². The summed E-state index contributed by atoms with van der Waals surface area (Å²) in [6.07, 6.45) is 1.07. The van der Waals surface area contributed by atoms with Gasteiger partial charge >= 0.3 is 0 Å². The molecule has 13 heavy (non-hydrogen) atoms. The van der Waals surface area contributed by atoms with Crippen molar-refractivity contribution in [2.24, 2.45) is 10.9 Å². The second-order valence-corrected chi connectivity index (χ2v) is 3.29. The van der Waals surface area contributed by atoms with Crippen LogP contribution in [0.3, 0.4) is 0 Å². The number of rotatable bonds is 5. The van der Waals surface area contributed by atoms with E-state index < -0.39 is 0 Å². The maximum Gasteiger partial charge on any atom is 0.156 e. The first-order chi connectivity index (χ1) is 6.08. The summed E-state index contributed by atoms with van der Waals surface area (Å²) in [6.45, 7) is 9.21. The molecule has 0 bridgehead atoms. The summed E-state index contributed by atoms with van der Waals surface area (Å²) in [5.41, 5.74) is 5.54. The molecule has 0 fully saturated rings. The summed E-state index contributed by atoms with van der Waals surface area (Å²) in [5.74, 6) is 0.280. The number of hydrogen-bond acceptors (Lipinski definition) is 3. The molecular formula is C9H21N3O. The van der Waals surface area contributed by atoms with E-state index >= 15 is 0 Å². The molecule has 0 amide bonds. The lowest BCUT2D eigenvalue weighted by molar-refractivity contribution is 0.191. The van der Waals surface area contributed by atoms with Crippen LogP contribution < -0.4 is 5.73 Å². The zero-order valence-electron chi connectivity index (χ0n) is 8.99. The van der Waals surface area contributed by atoms with Crippen LogP contribution in [0.4, 0.5) is 0 Å². The van der Waals surface area contributed by atoms with Crippen LogP contribution in [-0.4, -0.2) is 34.6 Å². The summed E-state index contributed by atoms with van der Waals surface area (Å²) < 4.78 is 0. The van der Waals surface area contributed by atoms with Crippen molar-refractivity contribution in [3.8, 4) is 0 Å². The summed E-state index contributed by atoms with van der Waals surface area (Å²) in [4.78, 5) is 2.20. The molecular weight excluding hydrogens is 166 g/mol. The number of nitrogens with zero attached hydrogens (tertiary/aromatic N) is 2. The van der Waals surface area contributed by atoms with E-state index in [1.165, 1.54) is 0 Å². The maximum absolute atomic E-state index is 8.54. The highest BCUT2D eigenvalue weighted by atomic mass is 16.4. The Balaban J connectivity index is 4.39. The minimum atomic E-state index is 0.00458. The molecule has 0 aliphatic heterocycles. The largest absolute Gasteiger partial charge is 0.409 e. The topological polar surface area (TPSA) is 61.8 Å². The third-order valence-electron chi connectivity index (χ3n) is 2.56. The van der Waals surface area contributed by atoms with Crippen LogP contribution in [-0.2, 0) is 0 Å². The van der Waals surface area contributed by atoms with E-state index in [1.807, 2.05) is 6.92 Å². The fraction of sp³-hybridized carbons (Fsp3) is 0.889. The van der Waals surface area contributed by atoms with Gasteiger partial charge in [0.15, 0.2) is 5.84 Å². The molecule has 4 nitrogen and oxygen atoms in total. The van der Waals surface area contributed by atoms with E-state index in [-0.39, 0.29) is 11.9 Å². The molecule has 4 heteroatoms. The molecule has 2 atom stereocenters. The molecule has 0 rings (SSSR count). The number of nitrogens with two attached hydrogens (primary N) is 1. The first-order valence-corrected chi connectivity index (χ1v) is 4.81. The predicted octanol–water partition coefficient (Wildman–Crippen LogP) is 1.24. The van der Waals surface area contributed by atoms with Crippen molar-refractivity contribution in [3.63, 3.8) is 0 Å². The normalized spacial score (nSPS) is 17.5. The number of amidine groups is 1. The maximum atomic E-state index is 8.54. The first kappa shape index (κ1) is 12.2. The van der Waals surface area contributed by atoms with E-state index in [4.69, 9.17) is 10.9 Å². The summed E-state index contributed by atoms with van der Waals surface area (Å²) >= 11 is 0. The van der Waals surface area contributed by atoms with Crippen molar-refractivity contribution in [3.05, 3.63) is 0 Å². The van der Waals surface area contributed by atoms with Crippen molar-refractivity contribution in [2.45, 2.75) is 46.2 Å². The van der Waals surface area contributed by atoms with Gasteiger partial charge in [-0.05, 0) is 26.8 Å². The summed E-state index contributed by atoms with van der Waals surface area (Å²) in [7, 11) is 0. The van der Waals surface area contributed by atoms with Gasteiger partial charge in [0.2, 0.25) is 0 Å². The number of oxime groups is 1. The van der Waals surface area contributed by atoms with E-state index in [2.05, 4.69) is 30.8 Å². The van der Waals surface area contributed by atoms with Gasteiger partial charge < -0.3 is 10.9 Å². The van der Waals surface area contributed by atoms with Crippen molar-refractivity contribution >= 4 is 5.84 Å². The average molecular weight is 187 g/mol. The molecule has 3 N–H and O–H groups in total. The molecule has 0 radical (unpaired) electrons. The first-order valence-electron chi connectivity index (χ1n) is 4.81. The van der Waals surface area contributed by atoms with Crippen LogP contribution in [0, 0.1) is 0 Å². The van der Waals surface area contributed by atoms with Crippen LogP contribution in [0.15, 0.2) is 5.16 Å². The van der Waals surface area contributed by atoms with Gasteiger partial charge in [0.25, 0.3) is 0 Å². The molecule has 0 aliphatic rings. The number of likely N-dealkylation sites (N-methyl/N-ethyl adjacent to an activating group) is 1. The third kappa shape index (κ3) is 3.22. The Bertz CT molecular complexity index is 170. The Morgan fingerprint density at radius 1 is 1.46 bits per heavy atom. The predicted molar refractivity (Wildman–Crippen MR) is 55.0 cm³/mol. The summed E-state index contributed by atoms with van der Waals surface area (Å²) in [5, 5.41) is 11.6. The second-order valence-electron chi connectivity index (χ2n) is 3.29. The molecule has 0 spiro atoms. The molecule has 0 aromatic carbocycles. The Hall–Kier alpha value is -0.770. The van der Waals surface area contributed by atoms with Gasteiger partial charge in [0, 0.05) is 6.04 Å². The standard InChI is InChI=1S/C9H21N3O/c1-5-7(3)12(6-2)8(4)9(10)11-13/h7-8,13H,5-6H2,1-4H3,(H2,10,11). The van der Waals surface area contributed by atoms with E-state index in [0.29, 0.717) is 6.04 Å². The van der Waals surface area contributed by atoms with Gasteiger partial charge in [0.1, 0.15) is 0 Å². The van der Waals surface area contributed by atoms with Crippen LogP contribution >= 0.6 is 0 Å². The SMILES string of the molecule is CCC(C)N(CC)C(C)C(N)=NO. The average Bonchev–Trinajstić information content (AvgIpc) is 2.17. The van der Waals surface area contributed by atoms with Crippen LogP contribution in [0.25, 0.3) is 0 Å². The Morgan fingerprint density at radius 2 is 2.00 bits per heavy atom. The van der Waals surface area contributed by atoms with E-state index in [1.54, 1.807) is 0 Å². The van der Waals surface area contributed by atoms with Crippen molar-refractivity contribution in [2.75, 3.05) is 6.54 Å². The monoisotopic (exact) mass is 187 g/mol. The Morgan fingerprint density at radius 3 is 2.31 bits per heavy atom. The smallest absolute Gasteiger partial charge is 0.156 e. The molecule has 0 heterocycles. The quantitative estimate of drug-likeness (QED) is 0.294. The fourth-order valence-corrected chi connectivity index (χ4v) is 1.46. The van der Waals surface area contributed by atoms with Crippen LogP contribution in [0.5, 0.6) is 0 Å². The van der Waals surface area contributed by atoms with Crippen molar-refractivity contribution < 1.29 is 5.21 Å². The Labute approximate surface area is 80.4 Å². The Kier molecular flexibility index (Phi) is 5.46. The molecule has 0 aromatic heterocycles. The van der Waals surface area contributed by atoms with Gasteiger partial charge in [-0.15, -0.1) is 0 Å². The van der Waals surface area contributed by atoms with Crippen molar-refractivity contribution in [1.29, 1.82) is 0 Å². The highest BCUT2D eigenvalue weighted by Gasteiger charge is 2.20. The molecule has 0 aliphatic carbocycles. The zero-order valence-corrected chi connectivity index (χ0v) is 8.99. The molecule has 78 valence electrons. The van der Waals surface area contributed by atoms with Gasteiger partial charge in [-0.2, -0.15) is 0 Å². The third-order valence-corrected chi connectivity index (χ3v) is 2.56. The minimum absolute atomic E-state index is 0.00458. The van der Waals surface area contributed by atoms with E-state index in [0.717, 1.165) is 13.0 Å². The highest BCUT2D eigenvalue weighted by Crippen LogP contribution is 2.08. The fourth-order valence-electron chi connectivity index (χ4n) is 1.46. The van der Waals surface area contributed by atoms with Crippen LogP contribution in [0.2, 0.25) is 0 Å². The molecule has 0 saturated carbocycles. The van der Waals surface area contributed by atoms with E-state index in [9.17, 15) is 0 Å².